The van der Waals surface area contributed by atoms with Crippen molar-refractivity contribution in [2.75, 3.05) is 13.6 Å². The van der Waals surface area contributed by atoms with Crippen LogP contribution in [0, 0.1) is 40.4 Å². The van der Waals surface area contributed by atoms with E-state index >= 15 is 0 Å². The smallest absolute Gasteiger partial charge is 0.0601 e. The van der Waals surface area contributed by atoms with Gasteiger partial charge < -0.3 is 20.2 Å². The molecule has 10 atom stereocenters. The highest BCUT2D eigenvalue weighted by molar-refractivity contribution is 5.14. The second kappa shape index (κ2) is 12.1. The number of hydrogen-bond donors (Lipinski definition) is 3. The van der Waals surface area contributed by atoms with E-state index in [1.165, 1.54) is 24.8 Å². The lowest BCUT2D eigenvalue weighted by Gasteiger charge is -2.52. The molecule has 3 aliphatic rings. The van der Waals surface area contributed by atoms with Crippen molar-refractivity contribution in [3.8, 4) is 0 Å². The molecule has 1 aromatic carbocycles. The van der Waals surface area contributed by atoms with Crippen molar-refractivity contribution in [1.82, 2.24) is 4.90 Å². The molecule has 0 aromatic heterocycles. The van der Waals surface area contributed by atoms with Gasteiger partial charge in [-0.2, -0.15) is 0 Å². The van der Waals surface area contributed by atoms with Gasteiger partial charge in [-0.05, 0) is 124 Å². The predicted molar refractivity (Wildman–Crippen MR) is 152 cm³/mol. The fourth-order valence-electron chi connectivity index (χ4n) is 8.98. The highest BCUT2D eigenvalue weighted by atomic mass is 16.3. The van der Waals surface area contributed by atoms with Gasteiger partial charge >= 0.3 is 0 Å². The molecule has 3 fully saturated rings. The zero-order valence-electron chi connectivity index (χ0n) is 24.3. The molecule has 3 unspecified atom stereocenters. The van der Waals surface area contributed by atoms with Gasteiger partial charge in [-0.3, -0.25) is 0 Å². The molecule has 0 saturated heterocycles. The lowest BCUT2D eigenvalue weighted by Crippen LogP contribution is -2.49. The minimum atomic E-state index is -0.336. The van der Waals surface area contributed by atoms with E-state index in [1.54, 1.807) is 0 Å². The van der Waals surface area contributed by atoms with E-state index < -0.39 is 0 Å². The van der Waals surface area contributed by atoms with Gasteiger partial charge in [-0.1, -0.05) is 58.0 Å². The Morgan fingerprint density at radius 3 is 2.32 bits per heavy atom. The lowest BCUT2D eigenvalue weighted by atomic mass is 9.54. The van der Waals surface area contributed by atoms with E-state index in [2.05, 4.69) is 70.0 Å². The van der Waals surface area contributed by atoms with Gasteiger partial charge in [-0.15, -0.1) is 0 Å². The second-order valence-corrected chi connectivity index (χ2v) is 14.0. The van der Waals surface area contributed by atoms with Crippen LogP contribution in [0.5, 0.6) is 0 Å². The average Bonchev–Trinajstić information content (AvgIpc) is 3.18. The van der Waals surface area contributed by atoms with E-state index in [-0.39, 0.29) is 29.1 Å². The molecule has 0 aliphatic heterocycles. The number of rotatable bonds is 7. The summed E-state index contributed by atoms with van der Waals surface area (Å²) in [6.45, 7) is 11.6. The Morgan fingerprint density at radius 2 is 1.59 bits per heavy atom. The summed E-state index contributed by atoms with van der Waals surface area (Å²) in [5.74, 6) is 2.16. The molecule has 210 valence electrons. The third-order valence-electron chi connectivity index (χ3n) is 11.7. The third-order valence-corrected chi connectivity index (χ3v) is 11.7. The average molecular weight is 514 g/mol. The normalized spacial score (nSPS) is 41.7. The maximum absolute atomic E-state index is 11.9. The molecule has 4 rings (SSSR count). The van der Waals surface area contributed by atoms with Gasteiger partial charge in [0.05, 0.1) is 18.3 Å². The Labute approximate surface area is 226 Å². The predicted octanol–water partition coefficient (Wildman–Crippen LogP) is 6.28. The van der Waals surface area contributed by atoms with E-state index in [9.17, 15) is 15.3 Å². The van der Waals surface area contributed by atoms with Crippen LogP contribution in [0.4, 0.5) is 0 Å². The SMILES string of the molecule is CC1C[C@H](O)[C@@]2(C)C(CC[C@@H]2[C@H](C)CCCN(C)Cc2ccccc2)C[C@H](O)CC2C[C@H](O)CC[C@]12C. The van der Waals surface area contributed by atoms with E-state index in [0.29, 0.717) is 29.6 Å². The fraction of sp³-hybridized carbons (Fsp3) is 0.818. The van der Waals surface area contributed by atoms with E-state index in [4.69, 9.17) is 0 Å². The minimum absolute atomic E-state index is 0.0768. The minimum Gasteiger partial charge on any atom is -0.393 e. The maximum Gasteiger partial charge on any atom is 0.0601 e. The molecule has 3 aliphatic carbocycles. The van der Waals surface area contributed by atoms with Crippen LogP contribution in [-0.4, -0.2) is 52.1 Å². The monoisotopic (exact) mass is 513 g/mol. The molecule has 0 bridgehead atoms. The standard InChI is InChI=1S/C33H55NO3/c1-23(10-9-17-34(5)22-25-11-7-6-8-12-25)30-14-13-26-19-29(36)21-27-20-28(35)15-16-32(27,3)24(2)18-31(37)33(26,30)4/h6-8,11-12,23-24,26-31,35-37H,9-10,13-22H2,1-5H3/t23-,24?,26?,27?,28-,29+,30-,31+,32-,33+/m1/s1. The zero-order valence-corrected chi connectivity index (χ0v) is 24.3. The Kier molecular flexibility index (Phi) is 9.47. The van der Waals surface area contributed by atoms with Crippen LogP contribution in [0.2, 0.25) is 0 Å². The first-order valence-corrected chi connectivity index (χ1v) is 15.3. The van der Waals surface area contributed by atoms with E-state index in [1.807, 2.05) is 0 Å². The van der Waals surface area contributed by atoms with Gasteiger partial charge in [0.25, 0.3) is 0 Å². The van der Waals surface area contributed by atoms with Crippen molar-refractivity contribution in [1.29, 1.82) is 0 Å². The Bertz CT molecular complexity index is 847. The molecule has 37 heavy (non-hydrogen) atoms. The number of nitrogens with zero attached hydrogens (tertiary/aromatic N) is 1. The van der Waals surface area contributed by atoms with Crippen molar-refractivity contribution in [2.45, 2.75) is 117 Å². The zero-order chi connectivity index (χ0) is 26.8. The van der Waals surface area contributed by atoms with Gasteiger partial charge in [0, 0.05) is 6.54 Å². The molecule has 0 heterocycles. The summed E-state index contributed by atoms with van der Waals surface area (Å²) in [6, 6.07) is 10.7. The molecule has 3 N–H and O–H groups in total. The van der Waals surface area contributed by atoms with Gasteiger partial charge in [-0.25, -0.2) is 0 Å². The van der Waals surface area contributed by atoms with Gasteiger partial charge in [0.2, 0.25) is 0 Å². The molecule has 0 radical (unpaired) electrons. The number of aliphatic hydroxyl groups excluding tert-OH is 3. The molecule has 0 spiro atoms. The first kappa shape index (κ1) is 29.1. The summed E-state index contributed by atoms with van der Waals surface area (Å²) in [7, 11) is 2.22. The number of benzene rings is 1. The van der Waals surface area contributed by atoms with Crippen LogP contribution < -0.4 is 0 Å². The summed E-state index contributed by atoms with van der Waals surface area (Å²) in [5, 5.41) is 33.6. The molecule has 4 nitrogen and oxygen atoms in total. The van der Waals surface area contributed by atoms with Crippen LogP contribution >= 0.6 is 0 Å². The van der Waals surface area contributed by atoms with Crippen LogP contribution in [0.1, 0.15) is 97.5 Å². The highest BCUT2D eigenvalue weighted by Gasteiger charge is 2.55. The number of hydrogen-bond acceptors (Lipinski definition) is 4. The Morgan fingerprint density at radius 1 is 0.919 bits per heavy atom. The fourth-order valence-corrected chi connectivity index (χ4v) is 8.98. The summed E-state index contributed by atoms with van der Waals surface area (Å²) < 4.78 is 0. The first-order valence-electron chi connectivity index (χ1n) is 15.3. The van der Waals surface area contributed by atoms with Crippen LogP contribution in [0.15, 0.2) is 30.3 Å². The number of aliphatic hydroxyl groups is 3. The summed E-state index contributed by atoms with van der Waals surface area (Å²) in [5.41, 5.74) is 1.31. The van der Waals surface area contributed by atoms with Crippen molar-refractivity contribution in [2.24, 2.45) is 40.4 Å². The first-order chi connectivity index (χ1) is 17.5. The van der Waals surface area contributed by atoms with Crippen LogP contribution in [0.25, 0.3) is 0 Å². The summed E-state index contributed by atoms with van der Waals surface area (Å²) in [6.07, 6.45) is 8.83. The van der Waals surface area contributed by atoms with Gasteiger partial charge in [0.1, 0.15) is 0 Å². The Hall–Kier alpha value is -0.940. The third kappa shape index (κ3) is 6.29. The molecule has 3 saturated carbocycles. The van der Waals surface area contributed by atoms with Crippen LogP contribution in [0.3, 0.4) is 0 Å². The summed E-state index contributed by atoms with van der Waals surface area (Å²) in [4.78, 5) is 2.43. The molecule has 1 aromatic rings. The molecular formula is C33H55NO3. The largest absolute Gasteiger partial charge is 0.393 e. The van der Waals surface area contributed by atoms with Crippen LogP contribution in [-0.2, 0) is 6.54 Å². The van der Waals surface area contributed by atoms with Crippen molar-refractivity contribution in [3.63, 3.8) is 0 Å². The quantitative estimate of drug-likeness (QED) is 0.402. The van der Waals surface area contributed by atoms with Gasteiger partial charge in [0.15, 0.2) is 0 Å². The maximum atomic E-state index is 11.9. The molecule has 4 heteroatoms. The summed E-state index contributed by atoms with van der Waals surface area (Å²) >= 11 is 0. The molecule has 0 amide bonds. The van der Waals surface area contributed by atoms with E-state index in [0.717, 1.165) is 58.0 Å². The highest BCUT2D eigenvalue weighted by Crippen LogP contribution is 2.59. The Balaban J connectivity index is 1.42. The van der Waals surface area contributed by atoms with Crippen molar-refractivity contribution >= 4 is 0 Å². The second-order valence-electron chi connectivity index (χ2n) is 14.0. The molecular weight excluding hydrogens is 458 g/mol. The lowest BCUT2D eigenvalue weighted by molar-refractivity contribution is -0.102. The van der Waals surface area contributed by atoms with Crippen molar-refractivity contribution in [3.05, 3.63) is 35.9 Å². The van der Waals surface area contributed by atoms with Crippen molar-refractivity contribution < 1.29 is 15.3 Å². The topological polar surface area (TPSA) is 63.9 Å². The number of fused-ring (bicyclic) bond motifs is 2.